The van der Waals surface area contributed by atoms with Crippen molar-refractivity contribution in [1.82, 2.24) is 10.3 Å². The van der Waals surface area contributed by atoms with Gasteiger partial charge in [0, 0.05) is 17.7 Å². The molecule has 7 heteroatoms. The van der Waals surface area contributed by atoms with Crippen LogP contribution in [0.5, 0.6) is 0 Å². The Bertz CT molecular complexity index is 485. The maximum atomic E-state index is 11.6. The number of rotatable bonds is 7. The number of hydrogen-bond acceptors (Lipinski definition) is 5. The lowest BCUT2D eigenvalue weighted by Gasteiger charge is -2.17. The number of nitrogens with zero attached hydrogens (tertiary/aromatic N) is 1. The molecule has 1 atom stereocenters. The van der Waals surface area contributed by atoms with Crippen molar-refractivity contribution < 1.29 is 19.4 Å². The van der Waals surface area contributed by atoms with Gasteiger partial charge in [-0.2, -0.15) is 0 Å². The Balaban J connectivity index is 2.37. The normalized spacial score (nSPS) is 12.5. The third-order valence-corrected chi connectivity index (χ3v) is 4.05. The first-order valence-corrected chi connectivity index (χ1v) is 7.79. The lowest BCUT2D eigenvalue weighted by molar-refractivity contribution is -0.140. The number of carboxylic acid groups (broad SMARTS) is 1. The van der Waals surface area contributed by atoms with E-state index in [9.17, 15) is 9.59 Å². The van der Waals surface area contributed by atoms with Crippen LogP contribution in [0.3, 0.4) is 0 Å². The molecule has 0 aliphatic rings. The van der Waals surface area contributed by atoms with Gasteiger partial charge < -0.3 is 15.2 Å². The molecule has 21 heavy (non-hydrogen) atoms. The van der Waals surface area contributed by atoms with E-state index in [1.807, 2.05) is 5.38 Å². The van der Waals surface area contributed by atoms with E-state index < -0.39 is 18.1 Å². The van der Waals surface area contributed by atoms with Crippen molar-refractivity contribution in [3.05, 3.63) is 16.1 Å². The van der Waals surface area contributed by atoms with Crippen molar-refractivity contribution in [3.63, 3.8) is 0 Å². The van der Waals surface area contributed by atoms with Gasteiger partial charge in [0.05, 0.1) is 17.3 Å². The molecule has 2 N–H and O–H groups in total. The first-order chi connectivity index (χ1) is 9.81. The second-order valence-corrected chi connectivity index (χ2v) is 6.31. The van der Waals surface area contributed by atoms with Crippen LogP contribution in [0.4, 0.5) is 4.79 Å². The molecule has 0 saturated heterocycles. The summed E-state index contributed by atoms with van der Waals surface area (Å²) in [5.74, 6) is -0.888. The third-order valence-electron chi connectivity index (χ3n) is 2.86. The number of nitrogens with one attached hydrogen (secondary N) is 1. The van der Waals surface area contributed by atoms with E-state index in [0.717, 1.165) is 10.7 Å². The number of aliphatic carboxylic acids is 1. The Hall–Kier alpha value is -1.63. The summed E-state index contributed by atoms with van der Waals surface area (Å²) in [6, 6.07) is -0.940. The molecule has 0 bridgehead atoms. The maximum absolute atomic E-state index is 11.6. The molecule has 1 aromatic rings. The van der Waals surface area contributed by atoms with Crippen LogP contribution in [0.15, 0.2) is 5.38 Å². The van der Waals surface area contributed by atoms with Gasteiger partial charge in [-0.1, -0.05) is 27.7 Å². The molecule has 1 rings (SSSR count). The van der Waals surface area contributed by atoms with Gasteiger partial charge in [-0.15, -0.1) is 11.3 Å². The van der Waals surface area contributed by atoms with E-state index in [2.05, 4.69) is 24.1 Å². The molecule has 0 aliphatic carbocycles. The van der Waals surface area contributed by atoms with Gasteiger partial charge in [-0.05, 0) is 5.92 Å². The highest BCUT2D eigenvalue weighted by Crippen LogP contribution is 2.19. The van der Waals surface area contributed by atoms with Crippen LogP contribution in [0, 0.1) is 5.92 Å². The first-order valence-electron chi connectivity index (χ1n) is 6.91. The number of aromatic nitrogens is 1. The molecule has 118 valence electrons. The number of carbonyl (C=O) groups is 2. The van der Waals surface area contributed by atoms with Crippen LogP contribution < -0.4 is 5.32 Å². The van der Waals surface area contributed by atoms with E-state index in [-0.39, 0.29) is 12.5 Å². The van der Waals surface area contributed by atoms with Gasteiger partial charge in [0.15, 0.2) is 0 Å². The zero-order valence-electron chi connectivity index (χ0n) is 12.8. The largest absolute Gasteiger partial charge is 0.480 e. The Morgan fingerprint density at radius 2 is 2.05 bits per heavy atom. The van der Waals surface area contributed by atoms with Gasteiger partial charge in [-0.3, -0.25) is 0 Å². The second-order valence-electron chi connectivity index (χ2n) is 5.42. The van der Waals surface area contributed by atoms with Crippen molar-refractivity contribution in [2.24, 2.45) is 5.92 Å². The maximum Gasteiger partial charge on any atom is 0.407 e. The number of ether oxygens (including phenoxy) is 1. The number of alkyl carbamates (subject to hydrolysis) is 1. The van der Waals surface area contributed by atoms with Crippen LogP contribution in [0.2, 0.25) is 0 Å². The van der Waals surface area contributed by atoms with Crippen LogP contribution >= 0.6 is 11.3 Å². The van der Waals surface area contributed by atoms with Gasteiger partial charge in [0.1, 0.15) is 6.04 Å². The lowest BCUT2D eigenvalue weighted by Crippen LogP contribution is -2.44. The van der Waals surface area contributed by atoms with Crippen LogP contribution in [0.25, 0.3) is 0 Å². The highest BCUT2D eigenvalue weighted by molar-refractivity contribution is 7.09. The van der Waals surface area contributed by atoms with Crippen molar-refractivity contribution in [1.29, 1.82) is 0 Å². The second kappa shape index (κ2) is 7.97. The molecule has 0 aliphatic heterocycles. The molecule has 0 spiro atoms. The summed E-state index contributed by atoms with van der Waals surface area (Å²) in [6.45, 7) is 7.77. The van der Waals surface area contributed by atoms with Crippen molar-refractivity contribution >= 4 is 23.4 Å². The fourth-order valence-corrected chi connectivity index (χ4v) is 2.50. The molecule has 1 heterocycles. The summed E-state index contributed by atoms with van der Waals surface area (Å²) in [4.78, 5) is 26.9. The zero-order valence-corrected chi connectivity index (χ0v) is 13.6. The minimum atomic E-state index is -1.07. The molecular formula is C14H22N2O4S. The van der Waals surface area contributed by atoms with E-state index >= 15 is 0 Å². The zero-order chi connectivity index (χ0) is 16.0. The smallest absolute Gasteiger partial charge is 0.407 e. The highest BCUT2D eigenvalue weighted by atomic mass is 32.1. The topological polar surface area (TPSA) is 88.5 Å². The molecule has 1 aromatic heterocycles. The fraction of sp³-hybridized carbons (Fsp3) is 0.643. The fourth-order valence-electron chi connectivity index (χ4n) is 1.63. The molecule has 0 fully saturated rings. The molecular weight excluding hydrogens is 292 g/mol. The molecule has 0 saturated carbocycles. The minimum absolute atomic E-state index is 0.178. The van der Waals surface area contributed by atoms with Gasteiger partial charge in [0.25, 0.3) is 0 Å². The van der Waals surface area contributed by atoms with Crippen LogP contribution in [-0.4, -0.2) is 34.8 Å². The average Bonchev–Trinajstić information content (AvgIpc) is 2.84. The standard InChI is InChI=1S/C14H22N2O4S/c1-8(2)11(13(17)18)16-14(19)20-6-5-10-7-21-12(15-10)9(3)4/h7-9,11H,5-6H2,1-4H3,(H,16,19)(H,17,18). The summed E-state index contributed by atoms with van der Waals surface area (Å²) in [5, 5.41) is 14.3. The van der Waals surface area contributed by atoms with Gasteiger partial charge in [0.2, 0.25) is 0 Å². The Morgan fingerprint density at radius 3 is 2.52 bits per heavy atom. The van der Waals surface area contributed by atoms with E-state index in [4.69, 9.17) is 9.84 Å². The Morgan fingerprint density at radius 1 is 1.38 bits per heavy atom. The van der Waals surface area contributed by atoms with Crippen LogP contribution in [0.1, 0.15) is 44.3 Å². The molecule has 6 nitrogen and oxygen atoms in total. The quantitative estimate of drug-likeness (QED) is 0.807. The van der Waals surface area contributed by atoms with Crippen molar-refractivity contribution in [2.45, 2.75) is 46.1 Å². The predicted octanol–water partition coefficient (Wildman–Crippen LogP) is 2.64. The SMILES string of the molecule is CC(C)c1nc(CCOC(=O)NC(C(=O)O)C(C)C)cs1. The van der Waals surface area contributed by atoms with Crippen molar-refractivity contribution in [3.8, 4) is 0 Å². The Labute approximate surface area is 128 Å². The van der Waals surface area contributed by atoms with Gasteiger partial charge >= 0.3 is 12.1 Å². The Kier molecular flexibility index (Phi) is 6.61. The number of amides is 1. The molecule has 1 unspecified atom stereocenters. The third kappa shape index (κ3) is 5.71. The predicted molar refractivity (Wildman–Crippen MR) is 80.7 cm³/mol. The summed E-state index contributed by atoms with van der Waals surface area (Å²) in [5.41, 5.74) is 0.884. The lowest BCUT2D eigenvalue weighted by atomic mass is 10.1. The summed E-state index contributed by atoms with van der Waals surface area (Å²) >= 11 is 1.59. The molecule has 1 amide bonds. The minimum Gasteiger partial charge on any atom is -0.480 e. The molecule has 0 radical (unpaired) electrons. The number of carboxylic acids is 1. The summed E-state index contributed by atoms with van der Waals surface area (Å²) in [7, 11) is 0. The first kappa shape index (κ1) is 17.4. The monoisotopic (exact) mass is 314 g/mol. The summed E-state index contributed by atoms with van der Waals surface area (Å²) in [6.07, 6.45) is -0.189. The van der Waals surface area contributed by atoms with Gasteiger partial charge in [-0.25, -0.2) is 14.6 Å². The number of thiazole rings is 1. The van der Waals surface area contributed by atoms with Crippen molar-refractivity contribution in [2.75, 3.05) is 6.61 Å². The van der Waals surface area contributed by atoms with E-state index in [0.29, 0.717) is 12.3 Å². The number of carbonyl (C=O) groups excluding carboxylic acids is 1. The average molecular weight is 314 g/mol. The van der Waals surface area contributed by atoms with Crippen LogP contribution in [-0.2, 0) is 16.0 Å². The number of hydrogen-bond donors (Lipinski definition) is 2. The molecule has 0 aromatic carbocycles. The summed E-state index contributed by atoms with van der Waals surface area (Å²) < 4.78 is 5.00. The van der Waals surface area contributed by atoms with E-state index in [1.165, 1.54) is 0 Å². The highest BCUT2D eigenvalue weighted by Gasteiger charge is 2.23. The van der Waals surface area contributed by atoms with E-state index in [1.54, 1.807) is 25.2 Å².